The average Bonchev–Trinajstić information content (AvgIpc) is 3.23. The molecule has 168 valence electrons. The van der Waals surface area contributed by atoms with E-state index in [0.717, 1.165) is 25.7 Å². The van der Waals surface area contributed by atoms with Crippen LogP contribution in [0.15, 0.2) is 48.5 Å². The number of hydrogen-bond donors (Lipinski definition) is 2. The molecule has 2 aromatic carbocycles. The van der Waals surface area contributed by atoms with Crippen molar-refractivity contribution in [2.24, 2.45) is 0 Å². The molecule has 1 saturated carbocycles. The summed E-state index contributed by atoms with van der Waals surface area (Å²) in [5.74, 6) is -0.412. The molecule has 1 aliphatic rings. The van der Waals surface area contributed by atoms with Crippen LogP contribution < -0.4 is 15.4 Å². The Morgan fingerprint density at radius 1 is 1.00 bits per heavy atom. The first-order chi connectivity index (χ1) is 15.3. The van der Waals surface area contributed by atoms with Crippen LogP contribution in [0.5, 0.6) is 5.75 Å². The van der Waals surface area contributed by atoms with E-state index >= 15 is 0 Å². The number of ether oxygens (including phenoxy) is 1. The maximum atomic E-state index is 14.3. The van der Waals surface area contributed by atoms with E-state index in [0.29, 0.717) is 11.3 Å². The van der Waals surface area contributed by atoms with Gasteiger partial charge in [0.2, 0.25) is 5.95 Å². The first-order valence-electron chi connectivity index (χ1n) is 10.00. The van der Waals surface area contributed by atoms with Crippen molar-refractivity contribution in [2.45, 2.75) is 38.1 Å². The predicted molar refractivity (Wildman–Crippen MR) is 115 cm³/mol. The van der Waals surface area contributed by atoms with Crippen LogP contribution in [0.25, 0.3) is 11.3 Å². The highest BCUT2D eigenvalue weighted by molar-refractivity contribution is 6.33. The van der Waals surface area contributed by atoms with Crippen molar-refractivity contribution in [1.82, 2.24) is 9.97 Å². The Morgan fingerprint density at radius 2 is 1.75 bits per heavy atom. The molecule has 0 saturated heterocycles. The van der Waals surface area contributed by atoms with Crippen molar-refractivity contribution in [1.29, 1.82) is 0 Å². The van der Waals surface area contributed by atoms with Crippen LogP contribution in [-0.2, 0) is 0 Å². The van der Waals surface area contributed by atoms with Crippen LogP contribution in [-0.4, -0.2) is 22.4 Å². The van der Waals surface area contributed by atoms with Gasteiger partial charge in [-0.25, -0.2) is 9.37 Å². The van der Waals surface area contributed by atoms with Gasteiger partial charge in [0, 0.05) is 17.7 Å². The van der Waals surface area contributed by atoms with Gasteiger partial charge in [0.15, 0.2) is 0 Å². The highest BCUT2D eigenvalue weighted by atomic mass is 35.5. The highest BCUT2D eigenvalue weighted by Crippen LogP contribution is 2.32. The molecule has 5 nitrogen and oxygen atoms in total. The van der Waals surface area contributed by atoms with E-state index in [1.165, 1.54) is 42.5 Å². The van der Waals surface area contributed by atoms with Gasteiger partial charge in [0.25, 0.3) is 0 Å². The van der Waals surface area contributed by atoms with Crippen molar-refractivity contribution in [3.63, 3.8) is 0 Å². The summed E-state index contributed by atoms with van der Waals surface area (Å²) >= 11 is 6.11. The van der Waals surface area contributed by atoms with Gasteiger partial charge >= 0.3 is 6.36 Å². The van der Waals surface area contributed by atoms with E-state index in [4.69, 9.17) is 11.6 Å². The van der Waals surface area contributed by atoms with Crippen LogP contribution in [0, 0.1) is 5.82 Å². The molecule has 0 bridgehead atoms. The average molecular weight is 467 g/mol. The Kier molecular flexibility index (Phi) is 6.36. The summed E-state index contributed by atoms with van der Waals surface area (Å²) in [7, 11) is 0. The smallest absolute Gasteiger partial charge is 0.406 e. The second-order valence-corrected chi connectivity index (χ2v) is 7.79. The number of halogens is 5. The summed E-state index contributed by atoms with van der Waals surface area (Å²) in [6.07, 6.45) is -0.711. The zero-order chi connectivity index (χ0) is 22.7. The number of para-hydroxylation sites is 1. The first kappa shape index (κ1) is 22.1. The molecule has 0 amide bonds. The second-order valence-electron chi connectivity index (χ2n) is 7.39. The summed E-state index contributed by atoms with van der Waals surface area (Å²) in [5.41, 5.74) is 0.758. The van der Waals surface area contributed by atoms with Crippen molar-refractivity contribution >= 4 is 29.1 Å². The Hall–Kier alpha value is -3.07. The van der Waals surface area contributed by atoms with Gasteiger partial charge in [-0.05, 0) is 37.1 Å². The number of rotatable bonds is 6. The Labute approximate surface area is 186 Å². The maximum absolute atomic E-state index is 14.3. The molecule has 10 heteroatoms. The van der Waals surface area contributed by atoms with Gasteiger partial charge in [-0.3, -0.25) is 0 Å². The topological polar surface area (TPSA) is 59.1 Å². The number of anilines is 3. The van der Waals surface area contributed by atoms with Gasteiger partial charge in [0.1, 0.15) is 17.4 Å². The van der Waals surface area contributed by atoms with Crippen molar-refractivity contribution < 1.29 is 22.3 Å². The van der Waals surface area contributed by atoms with Crippen LogP contribution in [0.1, 0.15) is 25.7 Å². The van der Waals surface area contributed by atoms with Crippen molar-refractivity contribution in [3.05, 3.63) is 59.4 Å². The molecule has 0 aliphatic heterocycles. The lowest BCUT2D eigenvalue weighted by Crippen LogP contribution is -2.17. The normalized spacial score (nSPS) is 14.4. The molecule has 0 unspecified atom stereocenters. The molecular weight excluding hydrogens is 448 g/mol. The molecule has 1 aromatic heterocycles. The molecule has 0 atom stereocenters. The zero-order valence-electron chi connectivity index (χ0n) is 16.7. The minimum Gasteiger partial charge on any atom is -0.406 e. The molecule has 2 N–H and O–H groups in total. The maximum Gasteiger partial charge on any atom is 0.573 e. The Balaban J connectivity index is 1.71. The first-order valence-corrected chi connectivity index (χ1v) is 10.4. The predicted octanol–water partition coefficient (Wildman–Crippen LogP) is 6.93. The molecule has 1 aliphatic carbocycles. The molecular formula is C22H19ClF4N4O. The van der Waals surface area contributed by atoms with Crippen molar-refractivity contribution in [3.8, 4) is 17.0 Å². The van der Waals surface area contributed by atoms with E-state index in [1.54, 1.807) is 6.07 Å². The van der Waals surface area contributed by atoms with E-state index in [1.807, 2.05) is 0 Å². The monoisotopic (exact) mass is 466 g/mol. The summed E-state index contributed by atoms with van der Waals surface area (Å²) in [6.45, 7) is 0. The molecule has 0 spiro atoms. The fraction of sp³-hybridized carbons (Fsp3) is 0.273. The third-order valence-electron chi connectivity index (χ3n) is 4.99. The van der Waals surface area contributed by atoms with E-state index < -0.39 is 12.2 Å². The third kappa shape index (κ3) is 5.59. The standard InChI is InChI=1S/C22H19ClF4N4O/c23-16-9-4-10-17(24)20(16)30-19-12-18(29-21(31-19)28-14-6-1-2-7-14)13-5-3-8-15(11-13)32-22(25,26)27/h3-5,8-12,14H,1-2,6-7H2,(H2,28,29,30,31). The minimum absolute atomic E-state index is 0.0415. The van der Waals surface area contributed by atoms with Gasteiger partial charge in [-0.15, -0.1) is 13.2 Å². The molecule has 4 rings (SSSR count). The summed E-state index contributed by atoms with van der Waals surface area (Å²) in [5, 5.41) is 6.28. The van der Waals surface area contributed by atoms with E-state index in [2.05, 4.69) is 25.3 Å². The lowest BCUT2D eigenvalue weighted by Gasteiger charge is -2.16. The summed E-state index contributed by atoms with van der Waals surface area (Å²) in [6, 6.07) is 11.4. The van der Waals surface area contributed by atoms with E-state index in [-0.39, 0.29) is 34.3 Å². The number of aromatic nitrogens is 2. The van der Waals surface area contributed by atoms with Gasteiger partial charge in [0.05, 0.1) is 16.4 Å². The summed E-state index contributed by atoms with van der Waals surface area (Å²) in [4.78, 5) is 8.88. The molecule has 32 heavy (non-hydrogen) atoms. The van der Waals surface area contributed by atoms with Crippen LogP contribution in [0.3, 0.4) is 0 Å². The SMILES string of the molecule is Fc1cccc(Cl)c1Nc1cc(-c2cccc(OC(F)(F)F)c2)nc(NC2CCCC2)n1. The van der Waals surface area contributed by atoms with Crippen LogP contribution in [0.2, 0.25) is 5.02 Å². The molecule has 1 heterocycles. The second kappa shape index (κ2) is 9.20. The van der Waals surface area contributed by atoms with Crippen LogP contribution >= 0.6 is 11.6 Å². The third-order valence-corrected chi connectivity index (χ3v) is 5.31. The number of hydrogen-bond acceptors (Lipinski definition) is 5. The van der Waals surface area contributed by atoms with Gasteiger partial charge in [-0.2, -0.15) is 4.98 Å². The number of alkyl halides is 3. The molecule has 1 fully saturated rings. The number of nitrogens with zero attached hydrogens (tertiary/aromatic N) is 2. The van der Waals surface area contributed by atoms with Crippen molar-refractivity contribution in [2.75, 3.05) is 10.6 Å². The Bertz CT molecular complexity index is 1080. The number of benzene rings is 2. The lowest BCUT2D eigenvalue weighted by atomic mass is 10.1. The number of nitrogens with one attached hydrogen (secondary N) is 2. The highest BCUT2D eigenvalue weighted by Gasteiger charge is 2.31. The Morgan fingerprint density at radius 3 is 2.47 bits per heavy atom. The summed E-state index contributed by atoms with van der Waals surface area (Å²) < 4.78 is 56.2. The van der Waals surface area contributed by atoms with E-state index in [9.17, 15) is 17.6 Å². The quantitative estimate of drug-likeness (QED) is 0.386. The van der Waals surface area contributed by atoms with Crippen LogP contribution in [0.4, 0.5) is 35.0 Å². The molecule has 3 aromatic rings. The van der Waals surface area contributed by atoms with Gasteiger partial charge in [-0.1, -0.05) is 42.6 Å². The fourth-order valence-electron chi connectivity index (χ4n) is 3.57. The largest absolute Gasteiger partial charge is 0.573 e. The minimum atomic E-state index is -4.81. The lowest BCUT2D eigenvalue weighted by molar-refractivity contribution is -0.274. The zero-order valence-corrected chi connectivity index (χ0v) is 17.5. The molecule has 0 radical (unpaired) electrons. The van der Waals surface area contributed by atoms with Gasteiger partial charge < -0.3 is 15.4 Å². The fourth-order valence-corrected chi connectivity index (χ4v) is 3.78.